The second-order valence-electron chi connectivity index (χ2n) is 3.77. The van der Waals surface area contributed by atoms with E-state index in [1.165, 1.54) is 6.33 Å². The molecular weight excluding hydrogens is 224 g/mol. The first-order valence-electron chi connectivity index (χ1n) is 5.06. The van der Waals surface area contributed by atoms with Crippen LogP contribution in [0.1, 0.15) is 12.5 Å². The van der Waals surface area contributed by atoms with Crippen molar-refractivity contribution in [2.75, 3.05) is 0 Å². The van der Waals surface area contributed by atoms with Crippen LogP contribution in [0.5, 0.6) is 0 Å². The molecule has 84 valence electrons. The summed E-state index contributed by atoms with van der Waals surface area (Å²) in [4.78, 5) is 3.92. The number of aromatic nitrogens is 3. The second kappa shape index (κ2) is 4.63. The van der Waals surface area contributed by atoms with E-state index in [9.17, 15) is 0 Å². The molecule has 0 amide bonds. The Bertz CT molecular complexity index is 465. The number of rotatable bonds is 3. The van der Waals surface area contributed by atoms with E-state index in [4.69, 9.17) is 17.3 Å². The quantitative estimate of drug-likeness (QED) is 0.884. The fraction of sp³-hybridized carbons (Fsp3) is 0.273. The first-order valence-corrected chi connectivity index (χ1v) is 5.44. The van der Waals surface area contributed by atoms with E-state index in [2.05, 4.69) is 10.1 Å². The van der Waals surface area contributed by atoms with Gasteiger partial charge in [0.2, 0.25) is 0 Å². The topological polar surface area (TPSA) is 56.7 Å². The Balaban J connectivity index is 2.49. The maximum Gasteiger partial charge on any atom is 0.138 e. The molecular formula is C11H13ClN4. The number of hydrogen-bond donors (Lipinski definition) is 1. The smallest absolute Gasteiger partial charge is 0.138 e. The van der Waals surface area contributed by atoms with Gasteiger partial charge in [-0.05, 0) is 25.0 Å². The number of nitrogens with two attached hydrogens (primary N) is 1. The van der Waals surface area contributed by atoms with Crippen molar-refractivity contribution in [1.82, 2.24) is 14.8 Å². The normalized spacial score (nSPS) is 12.7. The lowest BCUT2D eigenvalue weighted by Gasteiger charge is -2.12. The van der Waals surface area contributed by atoms with Gasteiger partial charge in [-0.15, -0.1) is 0 Å². The summed E-state index contributed by atoms with van der Waals surface area (Å²) in [5.74, 6) is 0. The van der Waals surface area contributed by atoms with Gasteiger partial charge in [0.25, 0.3) is 0 Å². The Morgan fingerprint density at radius 2 is 2.31 bits per heavy atom. The van der Waals surface area contributed by atoms with Gasteiger partial charge < -0.3 is 5.73 Å². The van der Waals surface area contributed by atoms with Gasteiger partial charge in [0.05, 0.1) is 10.7 Å². The van der Waals surface area contributed by atoms with Crippen LogP contribution in [0.3, 0.4) is 0 Å². The van der Waals surface area contributed by atoms with Crippen LogP contribution in [0.25, 0.3) is 5.69 Å². The van der Waals surface area contributed by atoms with Crippen molar-refractivity contribution < 1.29 is 0 Å². The fourth-order valence-corrected chi connectivity index (χ4v) is 1.93. The summed E-state index contributed by atoms with van der Waals surface area (Å²) in [7, 11) is 0. The first kappa shape index (κ1) is 11.1. The predicted octanol–water partition coefficient (Wildman–Crippen LogP) is 1.81. The zero-order valence-corrected chi connectivity index (χ0v) is 9.72. The molecule has 1 aromatic heterocycles. The number of nitrogens with zero attached hydrogens (tertiary/aromatic N) is 3. The van der Waals surface area contributed by atoms with E-state index >= 15 is 0 Å². The molecule has 16 heavy (non-hydrogen) atoms. The average molecular weight is 237 g/mol. The van der Waals surface area contributed by atoms with Crippen LogP contribution in [0.2, 0.25) is 5.02 Å². The molecule has 2 N–H and O–H groups in total. The second-order valence-corrected chi connectivity index (χ2v) is 4.18. The zero-order valence-electron chi connectivity index (χ0n) is 8.97. The zero-order chi connectivity index (χ0) is 11.5. The molecule has 0 spiro atoms. The number of para-hydroxylation sites is 1. The van der Waals surface area contributed by atoms with Gasteiger partial charge in [0.15, 0.2) is 0 Å². The molecule has 0 aliphatic carbocycles. The van der Waals surface area contributed by atoms with Gasteiger partial charge in [-0.25, -0.2) is 9.67 Å². The molecule has 2 rings (SSSR count). The SMILES string of the molecule is CC(N)Cc1cccc(Cl)c1-n1cncn1. The standard InChI is InChI=1S/C11H13ClN4/c1-8(13)5-9-3-2-4-10(12)11(9)16-7-14-6-15-16/h2-4,6-8H,5,13H2,1H3. The summed E-state index contributed by atoms with van der Waals surface area (Å²) in [5, 5.41) is 4.75. The molecule has 0 saturated carbocycles. The van der Waals surface area contributed by atoms with Crippen molar-refractivity contribution in [3.05, 3.63) is 41.4 Å². The molecule has 0 saturated heterocycles. The van der Waals surface area contributed by atoms with Gasteiger partial charge in [0, 0.05) is 6.04 Å². The average Bonchev–Trinajstić information content (AvgIpc) is 2.69. The van der Waals surface area contributed by atoms with Crippen LogP contribution in [0.4, 0.5) is 0 Å². The third-order valence-electron chi connectivity index (χ3n) is 2.26. The van der Waals surface area contributed by atoms with E-state index in [1.807, 2.05) is 25.1 Å². The van der Waals surface area contributed by atoms with Crippen molar-refractivity contribution in [2.24, 2.45) is 5.73 Å². The maximum absolute atomic E-state index is 6.17. The molecule has 0 fully saturated rings. The molecule has 0 radical (unpaired) electrons. The molecule has 2 aromatic rings. The molecule has 1 aromatic carbocycles. The number of halogens is 1. The van der Waals surface area contributed by atoms with Crippen LogP contribution in [0.15, 0.2) is 30.9 Å². The van der Waals surface area contributed by atoms with E-state index in [-0.39, 0.29) is 6.04 Å². The summed E-state index contributed by atoms with van der Waals surface area (Å²) in [6.45, 7) is 1.96. The lowest BCUT2D eigenvalue weighted by atomic mass is 10.1. The molecule has 4 nitrogen and oxygen atoms in total. The minimum Gasteiger partial charge on any atom is -0.328 e. The van der Waals surface area contributed by atoms with Crippen molar-refractivity contribution in [2.45, 2.75) is 19.4 Å². The molecule has 1 atom stereocenters. The third kappa shape index (κ3) is 2.23. The maximum atomic E-state index is 6.17. The molecule has 1 heterocycles. The number of benzene rings is 1. The van der Waals surface area contributed by atoms with Crippen LogP contribution in [0, 0.1) is 0 Å². The van der Waals surface area contributed by atoms with Crippen LogP contribution in [-0.2, 0) is 6.42 Å². The van der Waals surface area contributed by atoms with E-state index in [0.717, 1.165) is 17.7 Å². The van der Waals surface area contributed by atoms with Gasteiger partial charge >= 0.3 is 0 Å². The highest BCUT2D eigenvalue weighted by Gasteiger charge is 2.10. The Morgan fingerprint density at radius 1 is 1.50 bits per heavy atom. The highest BCUT2D eigenvalue weighted by Crippen LogP contribution is 2.24. The Morgan fingerprint density at radius 3 is 2.94 bits per heavy atom. The Hall–Kier alpha value is -1.39. The largest absolute Gasteiger partial charge is 0.328 e. The van der Waals surface area contributed by atoms with E-state index in [1.54, 1.807) is 11.0 Å². The summed E-state index contributed by atoms with van der Waals surface area (Å²) >= 11 is 6.17. The molecule has 0 aliphatic rings. The Kier molecular flexibility index (Phi) is 3.22. The van der Waals surface area contributed by atoms with Gasteiger partial charge in [-0.1, -0.05) is 23.7 Å². The minimum atomic E-state index is 0.0840. The van der Waals surface area contributed by atoms with Crippen molar-refractivity contribution >= 4 is 11.6 Å². The van der Waals surface area contributed by atoms with Gasteiger partial charge in [-0.2, -0.15) is 5.10 Å². The monoisotopic (exact) mass is 236 g/mol. The highest BCUT2D eigenvalue weighted by molar-refractivity contribution is 6.32. The Labute approximate surface area is 99.1 Å². The fourth-order valence-electron chi connectivity index (χ4n) is 1.65. The van der Waals surface area contributed by atoms with Gasteiger partial charge in [-0.3, -0.25) is 0 Å². The molecule has 0 bridgehead atoms. The van der Waals surface area contributed by atoms with Crippen LogP contribution >= 0.6 is 11.6 Å². The molecule has 0 aliphatic heterocycles. The van der Waals surface area contributed by atoms with Crippen LogP contribution in [-0.4, -0.2) is 20.8 Å². The lowest BCUT2D eigenvalue weighted by molar-refractivity contribution is 0.727. The summed E-state index contributed by atoms with van der Waals surface area (Å²) in [6.07, 6.45) is 3.88. The first-order chi connectivity index (χ1) is 7.68. The highest BCUT2D eigenvalue weighted by atomic mass is 35.5. The summed E-state index contributed by atoms with van der Waals surface area (Å²) in [6, 6.07) is 5.84. The predicted molar refractivity (Wildman–Crippen MR) is 63.7 cm³/mol. The summed E-state index contributed by atoms with van der Waals surface area (Å²) < 4.78 is 1.67. The van der Waals surface area contributed by atoms with E-state index < -0.39 is 0 Å². The van der Waals surface area contributed by atoms with E-state index in [0.29, 0.717) is 5.02 Å². The van der Waals surface area contributed by atoms with Gasteiger partial charge in [0.1, 0.15) is 12.7 Å². The minimum absolute atomic E-state index is 0.0840. The molecule has 5 heteroatoms. The van der Waals surface area contributed by atoms with Crippen molar-refractivity contribution in [1.29, 1.82) is 0 Å². The number of hydrogen-bond acceptors (Lipinski definition) is 3. The lowest BCUT2D eigenvalue weighted by Crippen LogP contribution is -2.19. The third-order valence-corrected chi connectivity index (χ3v) is 2.57. The van der Waals surface area contributed by atoms with Crippen molar-refractivity contribution in [3.8, 4) is 5.69 Å². The molecule has 1 unspecified atom stereocenters. The van der Waals surface area contributed by atoms with Crippen molar-refractivity contribution in [3.63, 3.8) is 0 Å². The van der Waals surface area contributed by atoms with Crippen LogP contribution < -0.4 is 5.73 Å². The summed E-state index contributed by atoms with van der Waals surface area (Å²) in [5.41, 5.74) is 7.75.